The molecule has 0 aromatic heterocycles. The minimum Gasteiger partial charge on any atom is -0.373 e. The molecule has 9 heteroatoms. The molecular formula is C17H26FN3O4S. The van der Waals surface area contributed by atoms with Gasteiger partial charge in [0.15, 0.2) is 0 Å². The highest BCUT2D eigenvalue weighted by Gasteiger charge is 2.30. The molecule has 0 aliphatic carbocycles. The molecule has 2 N–H and O–H groups in total. The summed E-state index contributed by atoms with van der Waals surface area (Å²) < 4.78 is 44.5. The highest BCUT2D eigenvalue weighted by atomic mass is 32.2. The van der Waals surface area contributed by atoms with Crippen LogP contribution >= 0.6 is 0 Å². The minimum atomic E-state index is -3.44. The van der Waals surface area contributed by atoms with Gasteiger partial charge in [0.1, 0.15) is 5.82 Å². The van der Waals surface area contributed by atoms with Crippen LogP contribution in [0.4, 0.5) is 9.18 Å². The number of nitrogens with zero attached hydrogens (tertiary/aromatic N) is 1. The standard InChI is InChI=1S/C17H26FN3O4S/c1-13-11-21(12-14(2)25-13)26(23,24)10-9-20-17(22)19-8-7-15-3-5-16(18)6-4-15/h3-6,13-14H,7-12H2,1-2H3,(H2,19,20,22)/t13-,14+. The summed E-state index contributed by atoms with van der Waals surface area (Å²) in [6.07, 6.45) is 0.280. The average Bonchev–Trinajstić information content (AvgIpc) is 2.55. The van der Waals surface area contributed by atoms with E-state index in [4.69, 9.17) is 4.74 Å². The predicted octanol–water partition coefficient (Wildman–Crippen LogP) is 1.11. The fourth-order valence-corrected chi connectivity index (χ4v) is 4.31. The molecule has 1 heterocycles. The minimum absolute atomic E-state index is 0.0326. The summed E-state index contributed by atoms with van der Waals surface area (Å²) in [7, 11) is -3.44. The van der Waals surface area contributed by atoms with Crippen LogP contribution in [0.2, 0.25) is 0 Å². The van der Waals surface area contributed by atoms with E-state index < -0.39 is 16.1 Å². The number of halogens is 1. The SMILES string of the molecule is C[C@@H]1CN(S(=O)(=O)CCNC(=O)NCCc2ccc(F)cc2)C[C@H](C)O1. The van der Waals surface area contributed by atoms with E-state index >= 15 is 0 Å². The second-order valence-electron chi connectivity index (χ2n) is 6.45. The van der Waals surface area contributed by atoms with E-state index in [1.165, 1.54) is 16.4 Å². The highest BCUT2D eigenvalue weighted by Crippen LogP contribution is 2.14. The normalized spacial score (nSPS) is 21.3. The first kappa shape index (κ1) is 20.6. The van der Waals surface area contributed by atoms with E-state index in [9.17, 15) is 17.6 Å². The van der Waals surface area contributed by atoms with Gasteiger partial charge in [0.05, 0.1) is 18.0 Å². The maximum absolute atomic E-state index is 12.8. The first-order valence-corrected chi connectivity index (χ1v) is 10.3. The Hall–Kier alpha value is -1.71. The Bertz CT molecular complexity index is 686. The van der Waals surface area contributed by atoms with Crippen molar-refractivity contribution in [2.75, 3.05) is 31.9 Å². The van der Waals surface area contributed by atoms with Crippen LogP contribution in [0.25, 0.3) is 0 Å². The summed E-state index contributed by atoms with van der Waals surface area (Å²) in [6, 6.07) is 5.63. The van der Waals surface area contributed by atoms with Gasteiger partial charge in [-0.25, -0.2) is 17.6 Å². The Labute approximate surface area is 154 Å². The van der Waals surface area contributed by atoms with Crippen molar-refractivity contribution in [1.82, 2.24) is 14.9 Å². The van der Waals surface area contributed by atoms with Crippen LogP contribution < -0.4 is 10.6 Å². The molecule has 0 saturated carbocycles. The van der Waals surface area contributed by atoms with Crippen molar-refractivity contribution in [3.05, 3.63) is 35.6 Å². The Balaban J connectivity index is 1.67. The van der Waals surface area contributed by atoms with Gasteiger partial charge in [0.2, 0.25) is 10.0 Å². The summed E-state index contributed by atoms with van der Waals surface area (Å²) in [6.45, 7) is 4.75. The van der Waals surface area contributed by atoms with Crippen LogP contribution in [0.3, 0.4) is 0 Å². The quantitative estimate of drug-likeness (QED) is 0.734. The van der Waals surface area contributed by atoms with Crippen molar-refractivity contribution < 1.29 is 22.3 Å². The zero-order chi connectivity index (χ0) is 19.2. The van der Waals surface area contributed by atoms with Crippen molar-refractivity contribution in [3.8, 4) is 0 Å². The Morgan fingerprint density at radius 2 is 1.73 bits per heavy atom. The average molecular weight is 387 g/mol. The first-order valence-electron chi connectivity index (χ1n) is 8.65. The summed E-state index contributed by atoms with van der Waals surface area (Å²) >= 11 is 0. The molecule has 1 aromatic rings. The lowest BCUT2D eigenvalue weighted by Crippen LogP contribution is -2.50. The van der Waals surface area contributed by atoms with Crippen LogP contribution in [-0.4, -0.2) is 62.9 Å². The molecular weight excluding hydrogens is 361 g/mol. The van der Waals surface area contributed by atoms with E-state index in [0.29, 0.717) is 26.1 Å². The number of carbonyl (C=O) groups is 1. The van der Waals surface area contributed by atoms with E-state index in [2.05, 4.69) is 10.6 Å². The maximum atomic E-state index is 12.8. The van der Waals surface area contributed by atoms with Gasteiger partial charge in [0, 0.05) is 26.2 Å². The molecule has 0 spiro atoms. The summed E-state index contributed by atoms with van der Waals surface area (Å²) in [5, 5.41) is 5.20. The molecule has 1 aliphatic heterocycles. The molecule has 26 heavy (non-hydrogen) atoms. The van der Waals surface area contributed by atoms with Gasteiger partial charge in [-0.2, -0.15) is 4.31 Å². The lowest BCUT2D eigenvalue weighted by atomic mass is 10.1. The van der Waals surface area contributed by atoms with Crippen LogP contribution in [0.15, 0.2) is 24.3 Å². The Morgan fingerprint density at radius 3 is 2.35 bits per heavy atom. The van der Waals surface area contributed by atoms with E-state index in [0.717, 1.165) is 5.56 Å². The summed E-state index contributed by atoms with van der Waals surface area (Å²) in [5.41, 5.74) is 0.907. The monoisotopic (exact) mass is 387 g/mol. The van der Waals surface area contributed by atoms with Crippen molar-refractivity contribution >= 4 is 16.1 Å². The number of hydrogen-bond acceptors (Lipinski definition) is 4. The fourth-order valence-electron chi connectivity index (χ4n) is 2.81. The molecule has 7 nitrogen and oxygen atoms in total. The smallest absolute Gasteiger partial charge is 0.314 e. The number of ether oxygens (including phenoxy) is 1. The number of sulfonamides is 1. The second kappa shape index (κ2) is 9.29. The third-order valence-electron chi connectivity index (χ3n) is 4.04. The number of rotatable bonds is 7. The lowest BCUT2D eigenvalue weighted by molar-refractivity contribution is -0.0440. The maximum Gasteiger partial charge on any atom is 0.314 e. The largest absolute Gasteiger partial charge is 0.373 e. The molecule has 0 radical (unpaired) electrons. The van der Waals surface area contributed by atoms with Gasteiger partial charge in [-0.05, 0) is 38.0 Å². The van der Waals surface area contributed by atoms with Crippen molar-refractivity contribution in [3.63, 3.8) is 0 Å². The Morgan fingerprint density at radius 1 is 1.15 bits per heavy atom. The van der Waals surface area contributed by atoms with E-state index in [-0.39, 0.29) is 30.3 Å². The van der Waals surface area contributed by atoms with E-state index in [1.54, 1.807) is 12.1 Å². The molecule has 146 valence electrons. The number of morpholine rings is 1. The van der Waals surface area contributed by atoms with Crippen LogP contribution in [0, 0.1) is 5.82 Å². The third kappa shape index (κ3) is 6.54. The first-order chi connectivity index (χ1) is 12.3. The molecule has 2 amide bonds. The number of benzene rings is 1. The van der Waals surface area contributed by atoms with Gasteiger partial charge < -0.3 is 15.4 Å². The fraction of sp³-hybridized carbons (Fsp3) is 0.588. The van der Waals surface area contributed by atoms with Crippen LogP contribution in [0.1, 0.15) is 19.4 Å². The summed E-state index contributed by atoms with van der Waals surface area (Å²) in [5.74, 6) is -0.456. The molecule has 1 aromatic carbocycles. The number of nitrogens with one attached hydrogen (secondary N) is 2. The predicted molar refractivity (Wildman–Crippen MR) is 96.9 cm³/mol. The van der Waals surface area contributed by atoms with Crippen molar-refractivity contribution in [1.29, 1.82) is 0 Å². The lowest BCUT2D eigenvalue weighted by Gasteiger charge is -2.34. The van der Waals surface area contributed by atoms with Gasteiger partial charge >= 0.3 is 6.03 Å². The van der Waals surface area contributed by atoms with Crippen LogP contribution in [0.5, 0.6) is 0 Å². The van der Waals surface area contributed by atoms with Crippen LogP contribution in [-0.2, 0) is 21.2 Å². The van der Waals surface area contributed by atoms with Gasteiger partial charge in [-0.15, -0.1) is 0 Å². The number of carbonyl (C=O) groups excluding carboxylic acids is 1. The van der Waals surface area contributed by atoms with Crippen molar-refractivity contribution in [2.24, 2.45) is 0 Å². The van der Waals surface area contributed by atoms with Gasteiger partial charge in [-0.3, -0.25) is 0 Å². The topological polar surface area (TPSA) is 87.7 Å². The zero-order valence-electron chi connectivity index (χ0n) is 15.1. The van der Waals surface area contributed by atoms with E-state index in [1.807, 2.05) is 13.8 Å². The number of urea groups is 1. The molecule has 1 fully saturated rings. The summed E-state index contributed by atoms with van der Waals surface area (Å²) in [4.78, 5) is 11.7. The molecule has 1 saturated heterocycles. The Kier molecular flexibility index (Phi) is 7.36. The second-order valence-corrected chi connectivity index (χ2v) is 8.54. The molecule has 2 atom stereocenters. The number of hydrogen-bond donors (Lipinski definition) is 2. The van der Waals surface area contributed by atoms with Gasteiger partial charge in [0.25, 0.3) is 0 Å². The highest BCUT2D eigenvalue weighted by molar-refractivity contribution is 7.89. The molecule has 1 aliphatic rings. The number of amides is 2. The molecule has 0 bridgehead atoms. The van der Waals surface area contributed by atoms with Gasteiger partial charge in [-0.1, -0.05) is 12.1 Å². The third-order valence-corrected chi connectivity index (χ3v) is 5.84. The van der Waals surface area contributed by atoms with Crippen molar-refractivity contribution in [2.45, 2.75) is 32.5 Å². The molecule has 0 unspecified atom stereocenters. The molecule has 2 rings (SSSR count). The zero-order valence-corrected chi connectivity index (χ0v) is 15.9.